The smallest absolute Gasteiger partial charge is 0.266 e. The molecule has 2 heterocycles. The van der Waals surface area contributed by atoms with Crippen LogP contribution in [0.15, 0.2) is 26.1 Å². The lowest BCUT2D eigenvalue weighted by Crippen LogP contribution is -2.06. The second kappa shape index (κ2) is 7.40. The van der Waals surface area contributed by atoms with E-state index in [9.17, 15) is 4.79 Å². The number of nitrogens with zero attached hydrogens (tertiary/aromatic N) is 3. The summed E-state index contributed by atoms with van der Waals surface area (Å²) in [5, 5.41) is 0.585. The molecular weight excluding hydrogens is 434 g/mol. The Morgan fingerprint density at radius 3 is 2.11 bits per heavy atom. The lowest BCUT2D eigenvalue weighted by molar-refractivity contribution is 1.10. The number of H-pyrrole nitrogens is 1. The highest BCUT2D eigenvalue weighted by Crippen LogP contribution is 2.19. The van der Waals surface area contributed by atoms with Gasteiger partial charge in [0.1, 0.15) is 9.63 Å². The normalized spacial score (nSPS) is 9.61. The Morgan fingerprint density at radius 2 is 1.67 bits per heavy atom. The zero-order valence-electron chi connectivity index (χ0n) is 8.29. The van der Waals surface area contributed by atoms with Gasteiger partial charge < -0.3 is 0 Å². The Kier molecular flexibility index (Phi) is 6.51. The second-order valence-electron chi connectivity index (χ2n) is 2.63. The molecule has 2 rings (SSSR count). The van der Waals surface area contributed by atoms with E-state index in [-0.39, 0.29) is 16.1 Å². The number of nitrogens with one attached hydrogen (secondary N) is 1. The van der Waals surface area contributed by atoms with Crippen LogP contribution in [0.25, 0.3) is 0 Å². The molecule has 0 unspecified atom stereocenters. The summed E-state index contributed by atoms with van der Waals surface area (Å²) < 4.78 is 1.03. The molecular formula is C8H3Br2Cl3N4O. The first-order valence-electron chi connectivity index (χ1n) is 4.14. The van der Waals surface area contributed by atoms with Crippen LogP contribution in [-0.4, -0.2) is 19.9 Å². The Balaban J connectivity index is 0.000000180. The minimum absolute atomic E-state index is 0.100. The van der Waals surface area contributed by atoms with Crippen molar-refractivity contribution in [2.45, 2.75) is 0 Å². The molecule has 0 fully saturated rings. The first kappa shape index (κ1) is 15.8. The van der Waals surface area contributed by atoms with Crippen molar-refractivity contribution in [3.8, 4) is 0 Å². The molecule has 0 atom stereocenters. The summed E-state index contributed by atoms with van der Waals surface area (Å²) in [5.41, 5.74) is -0.269. The van der Waals surface area contributed by atoms with Crippen LogP contribution in [-0.2, 0) is 0 Å². The lowest BCUT2D eigenvalue weighted by atomic mass is 10.7. The minimum atomic E-state index is -0.269. The maximum atomic E-state index is 10.6. The molecule has 18 heavy (non-hydrogen) atoms. The van der Waals surface area contributed by atoms with Gasteiger partial charge in [0.15, 0.2) is 0 Å². The van der Waals surface area contributed by atoms with Crippen molar-refractivity contribution in [1.82, 2.24) is 19.9 Å². The maximum Gasteiger partial charge on any atom is 0.266 e. The molecule has 0 aliphatic carbocycles. The summed E-state index contributed by atoms with van der Waals surface area (Å²) in [6.45, 7) is 0. The van der Waals surface area contributed by atoms with Gasteiger partial charge in [-0.25, -0.2) is 15.0 Å². The molecule has 0 aliphatic rings. The van der Waals surface area contributed by atoms with Gasteiger partial charge in [0, 0.05) is 12.4 Å². The van der Waals surface area contributed by atoms with Crippen LogP contribution in [0.2, 0.25) is 15.7 Å². The van der Waals surface area contributed by atoms with Crippen LogP contribution in [0.3, 0.4) is 0 Å². The van der Waals surface area contributed by atoms with E-state index in [0.29, 0.717) is 14.1 Å². The van der Waals surface area contributed by atoms with E-state index in [1.165, 1.54) is 12.4 Å². The number of halogens is 5. The minimum Gasteiger partial charge on any atom is -0.296 e. The van der Waals surface area contributed by atoms with Gasteiger partial charge in [-0.2, -0.15) is 0 Å². The number of hydrogen-bond acceptors (Lipinski definition) is 4. The summed E-state index contributed by atoms with van der Waals surface area (Å²) in [7, 11) is 0. The fourth-order valence-electron chi connectivity index (χ4n) is 0.684. The van der Waals surface area contributed by atoms with Crippen LogP contribution >= 0.6 is 66.7 Å². The van der Waals surface area contributed by atoms with Gasteiger partial charge in [-0.3, -0.25) is 9.78 Å². The largest absolute Gasteiger partial charge is 0.296 e. The van der Waals surface area contributed by atoms with E-state index in [0.717, 1.165) is 0 Å². The topological polar surface area (TPSA) is 71.5 Å². The monoisotopic (exact) mass is 434 g/mol. The van der Waals surface area contributed by atoms with Crippen molar-refractivity contribution in [3.63, 3.8) is 0 Å². The second-order valence-corrected chi connectivity index (χ2v) is 5.39. The molecule has 2 aromatic heterocycles. The predicted molar refractivity (Wildman–Crippen MR) is 77.3 cm³/mol. The van der Waals surface area contributed by atoms with Crippen molar-refractivity contribution in [2.24, 2.45) is 0 Å². The molecule has 96 valence electrons. The number of hydrogen-bond donors (Lipinski definition) is 1. The standard InChI is InChI=1S/C4HBrCl2N2.C4H2BrClN2O/c5-2-1-8-4(7)9-3(2)6;5-2-1-7-4(6)8-3(2)9/h1H;1H,(H,7,8,9). The zero-order chi connectivity index (χ0) is 13.7. The Bertz CT molecular complexity index is 607. The van der Waals surface area contributed by atoms with E-state index in [1.54, 1.807) is 0 Å². The number of rotatable bonds is 0. The summed E-state index contributed by atoms with van der Waals surface area (Å²) in [6.07, 6.45) is 2.85. The molecule has 0 aliphatic heterocycles. The van der Waals surface area contributed by atoms with Crippen molar-refractivity contribution in [1.29, 1.82) is 0 Å². The van der Waals surface area contributed by atoms with Gasteiger partial charge in [-0.1, -0.05) is 11.6 Å². The molecule has 0 saturated heterocycles. The third kappa shape index (κ3) is 5.19. The van der Waals surface area contributed by atoms with Crippen molar-refractivity contribution < 1.29 is 0 Å². The SMILES string of the molecule is Clc1ncc(Br)c(Cl)n1.O=c1[nH]c(Cl)ncc1Br. The highest BCUT2D eigenvalue weighted by Gasteiger charge is 1.97. The Hall–Kier alpha value is -0.210. The van der Waals surface area contributed by atoms with Gasteiger partial charge in [0.25, 0.3) is 5.56 Å². The van der Waals surface area contributed by atoms with Gasteiger partial charge in [-0.15, -0.1) is 0 Å². The molecule has 1 N–H and O–H groups in total. The molecule has 0 amide bonds. The number of aromatic nitrogens is 4. The Labute approximate surface area is 133 Å². The summed E-state index contributed by atoms with van der Waals surface area (Å²) in [6, 6.07) is 0. The van der Waals surface area contributed by atoms with Crippen LogP contribution in [0.1, 0.15) is 0 Å². The first-order chi connectivity index (χ1) is 8.40. The van der Waals surface area contributed by atoms with Crippen molar-refractivity contribution in [3.05, 3.63) is 47.4 Å². The van der Waals surface area contributed by atoms with Gasteiger partial charge in [0.2, 0.25) is 10.6 Å². The van der Waals surface area contributed by atoms with E-state index in [2.05, 4.69) is 51.8 Å². The van der Waals surface area contributed by atoms with Crippen molar-refractivity contribution >= 4 is 66.7 Å². The fraction of sp³-hybridized carbons (Fsp3) is 0. The van der Waals surface area contributed by atoms with Crippen LogP contribution < -0.4 is 5.56 Å². The Morgan fingerprint density at radius 1 is 1.06 bits per heavy atom. The van der Waals surface area contributed by atoms with Crippen LogP contribution in [0, 0.1) is 0 Å². The predicted octanol–water partition coefficient (Wildman–Crippen LogP) is 3.73. The summed E-state index contributed by atoms with van der Waals surface area (Å²) >= 11 is 22.3. The van der Waals surface area contributed by atoms with E-state index >= 15 is 0 Å². The van der Waals surface area contributed by atoms with Gasteiger partial charge in [-0.05, 0) is 55.1 Å². The zero-order valence-corrected chi connectivity index (χ0v) is 13.7. The maximum absolute atomic E-state index is 10.6. The van der Waals surface area contributed by atoms with Crippen molar-refractivity contribution in [2.75, 3.05) is 0 Å². The summed E-state index contributed by atoms with van der Waals surface area (Å²) in [4.78, 5) is 23.8. The highest BCUT2D eigenvalue weighted by atomic mass is 79.9. The van der Waals surface area contributed by atoms with Crippen LogP contribution in [0.4, 0.5) is 0 Å². The quantitative estimate of drug-likeness (QED) is 0.504. The van der Waals surface area contributed by atoms with E-state index < -0.39 is 0 Å². The molecule has 5 nitrogen and oxygen atoms in total. The lowest BCUT2D eigenvalue weighted by Gasteiger charge is -1.91. The van der Waals surface area contributed by atoms with Crippen LogP contribution in [0.5, 0.6) is 0 Å². The molecule has 0 spiro atoms. The molecule has 0 bridgehead atoms. The molecule has 2 aromatic rings. The number of aromatic amines is 1. The third-order valence-electron chi connectivity index (χ3n) is 1.40. The third-order valence-corrected chi connectivity index (χ3v) is 3.43. The highest BCUT2D eigenvalue weighted by molar-refractivity contribution is 9.10. The average Bonchev–Trinajstić information content (AvgIpc) is 2.30. The first-order valence-corrected chi connectivity index (χ1v) is 6.86. The average molecular weight is 437 g/mol. The molecule has 0 saturated carbocycles. The van der Waals surface area contributed by atoms with E-state index in [1.807, 2.05) is 0 Å². The van der Waals surface area contributed by atoms with E-state index in [4.69, 9.17) is 34.8 Å². The molecule has 0 radical (unpaired) electrons. The summed E-state index contributed by atoms with van der Waals surface area (Å²) in [5.74, 6) is 0. The molecule has 0 aromatic carbocycles. The van der Waals surface area contributed by atoms with Gasteiger partial charge in [0.05, 0.1) is 4.47 Å². The van der Waals surface area contributed by atoms with Gasteiger partial charge >= 0.3 is 0 Å². The fourth-order valence-corrected chi connectivity index (χ4v) is 1.52. The molecule has 10 heteroatoms.